The Labute approximate surface area is 88.3 Å². The number of rotatable bonds is 5. The van der Waals surface area contributed by atoms with E-state index in [9.17, 15) is 4.79 Å². The molecule has 0 spiro atoms. The number of hydrogen-bond donors (Lipinski definition) is 3. The number of nitrogens with zero attached hydrogens (tertiary/aromatic N) is 1. The van der Waals surface area contributed by atoms with Gasteiger partial charge in [-0.2, -0.15) is 0 Å². The van der Waals surface area contributed by atoms with Gasteiger partial charge in [0.05, 0.1) is 5.56 Å². The average Bonchev–Trinajstić information content (AvgIpc) is 2.25. The molecule has 1 rings (SSSR count). The highest BCUT2D eigenvalue weighted by Gasteiger charge is 2.06. The molecular weight excluding hydrogens is 194 g/mol. The first kappa shape index (κ1) is 11.5. The van der Waals surface area contributed by atoms with Gasteiger partial charge in [-0.3, -0.25) is 0 Å². The van der Waals surface area contributed by atoms with E-state index in [0.717, 1.165) is 5.69 Å². The standard InChI is InChI=1S/C10H15N3O2/c1-2-8-5-7(10(14)15)6-9(13-8)12-4-3-11/h5-6H,2-4,11H2,1H3,(H,12,13)(H,14,15). The fourth-order valence-electron chi connectivity index (χ4n) is 1.18. The molecule has 1 aromatic heterocycles. The van der Waals surface area contributed by atoms with Gasteiger partial charge < -0.3 is 16.2 Å². The number of carbonyl (C=O) groups is 1. The highest BCUT2D eigenvalue weighted by atomic mass is 16.4. The van der Waals surface area contributed by atoms with E-state index in [2.05, 4.69) is 10.3 Å². The van der Waals surface area contributed by atoms with Gasteiger partial charge >= 0.3 is 5.97 Å². The number of carboxylic acids is 1. The molecule has 0 aromatic carbocycles. The van der Waals surface area contributed by atoms with Crippen molar-refractivity contribution in [3.8, 4) is 0 Å². The number of hydrogen-bond acceptors (Lipinski definition) is 4. The summed E-state index contributed by atoms with van der Waals surface area (Å²) in [6.07, 6.45) is 0.707. The molecule has 0 atom stereocenters. The summed E-state index contributed by atoms with van der Waals surface area (Å²) in [6.45, 7) is 3.00. The first-order valence-corrected chi connectivity index (χ1v) is 4.85. The van der Waals surface area contributed by atoms with Crippen LogP contribution >= 0.6 is 0 Å². The number of aryl methyl sites for hydroxylation is 1. The van der Waals surface area contributed by atoms with E-state index >= 15 is 0 Å². The Morgan fingerprint density at radius 3 is 2.87 bits per heavy atom. The van der Waals surface area contributed by atoms with Crippen LogP contribution in [-0.2, 0) is 6.42 Å². The smallest absolute Gasteiger partial charge is 0.335 e. The zero-order valence-electron chi connectivity index (χ0n) is 8.66. The number of aromatic carboxylic acids is 1. The van der Waals surface area contributed by atoms with Crippen molar-refractivity contribution in [3.05, 3.63) is 23.4 Å². The number of anilines is 1. The van der Waals surface area contributed by atoms with Crippen LogP contribution in [0.4, 0.5) is 5.82 Å². The van der Waals surface area contributed by atoms with Crippen molar-refractivity contribution < 1.29 is 9.90 Å². The van der Waals surface area contributed by atoms with Gasteiger partial charge in [0.2, 0.25) is 0 Å². The molecule has 0 aliphatic heterocycles. The van der Waals surface area contributed by atoms with Crippen LogP contribution < -0.4 is 11.1 Å². The minimum absolute atomic E-state index is 0.251. The fraction of sp³-hybridized carbons (Fsp3) is 0.400. The lowest BCUT2D eigenvalue weighted by Crippen LogP contribution is -2.15. The van der Waals surface area contributed by atoms with E-state index in [1.54, 1.807) is 6.07 Å². The summed E-state index contributed by atoms with van der Waals surface area (Å²) in [7, 11) is 0. The Morgan fingerprint density at radius 1 is 1.60 bits per heavy atom. The molecule has 0 radical (unpaired) electrons. The summed E-state index contributed by atoms with van der Waals surface area (Å²) in [5.74, 6) is -0.375. The zero-order valence-corrected chi connectivity index (χ0v) is 8.66. The van der Waals surface area contributed by atoms with Crippen LogP contribution in [-0.4, -0.2) is 29.1 Å². The fourth-order valence-corrected chi connectivity index (χ4v) is 1.18. The lowest BCUT2D eigenvalue weighted by molar-refractivity contribution is 0.0696. The van der Waals surface area contributed by atoms with Crippen LogP contribution in [0.5, 0.6) is 0 Å². The van der Waals surface area contributed by atoms with E-state index < -0.39 is 5.97 Å². The molecule has 1 aromatic rings. The Morgan fingerprint density at radius 2 is 2.33 bits per heavy atom. The van der Waals surface area contributed by atoms with Gasteiger partial charge in [-0.15, -0.1) is 0 Å². The number of nitrogens with one attached hydrogen (secondary N) is 1. The van der Waals surface area contributed by atoms with Crippen molar-refractivity contribution in [2.75, 3.05) is 18.4 Å². The first-order valence-electron chi connectivity index (χ1n) is 4.85. The molecule has 0 unspecified atom stereocenters. The molecule has 15 heavy (non-hydrogen) atoms. The predicted octanol–water partition coefficient (Wildman–Crippen LogP) is 0.713. The molecule has 0 saturated heterocycles. The molecule has 0 aliphatic carbocycles. The third-order valence-electron chi connectivity index (χ3n) is 1.94. The van der Waals surface area contributed by atoms with Crippen LogP contribution in [0.1, 0.15) is 23.0 Å². The van der Waals surface area contributed by atoms with Crippen LogP contribution in [0, 0.1) is 0 Å². The largest absolute Gasteiger partial charge is 0.478 e. The molecule has 82 valence electrons. The summed E-state index contributed by atoms with van der Waals surface area (Å²) in [5, 5.41) is 11.8. The molecule has 0 bridgehead atoms. The Kier molecular flexibility index (Phi) is 4.05. The molecule has 0 amide bonds. The number of nitrogens with two attached hydrogens (primary N) is 1. The summed E-state index contributed by atoms with van der Waals surface area (Å²) in [4.78, 5) is 15.1. The van der Waals surface area contributed by atoms with Gasteiger partial charge in [-0.25, -0.2) is 9.78 Å². The van der Waals surface area contributed by atoms with Gasteiger partial charge in [0.15, 0.2) is 0 Å². The Hall–Kier alpha value is -1.62. The minimum atomic E-state index is -0.942. The van der Waals surface area contributed by atoms with Crippen molar-refractivity contribution in [3.63, 3.8) is 0 Å². The maximum Gasteiger partial charge on any atom is 0.335 e. The van der Waals surface area contributed by atoms with E-state index in [0.29, 0.717) is 25.3 Å². The summed E-state index contributed by atoms with van der Waals surface area (Å²) in [5.41, 5.74) is 6.35. The molecule has 0 aliphatic rings. The molecular formula is C10H15N3O2. The van der Waals surface area contributed by atoms with Crippen molar-refractivity contribution >= 4 is 11.8 Å². The summed E-state index contributed by atoms with van der Waals surface area (Å²) in [6, 6.07) is 3.09. The molecule has 5 heteroatoms. The van der Waals surface area contributed by atoms with Crippen LogP contribution in [0.2, 0.25) is 0 Å². The maximum absolute atomic E-state index is 10.8. The highest BCUT2D eigenvalue weighted by molar-refractivity contribution is 5.88. The van der Waals surface area contributed by atoms with Gasteiger partial charge in [0, 0.05) is 18.8 Å². The van der Waals surface area contributed by atoms with Gasteiger partial charge in [-0.05, 0) is 18.6 Å². The lowest BCUT2D eigenvalue weighted by atomic mass is 10.2. The number of carboxylic acid groups (broad SMARTS) is 1. The highest BCUT2D eigenvalue weighted by Crippen LogP contribution is 2.11. The SMILES string of the molecule is CCc1cc(C(=O)O)cc(NCCN)n1. The third kappa shape index (κ3) is 3.21. The second kappa shape index (κ2) is 5.31. The van der Waals surface area contributed by atoms with E-state index in [1.165, 1.54) is 6.07 Å². The predicted molar refractivity (Wildman–Crippen MR) is 58.1 cm³/mol. The minimum Gasteiger partial charge on any atom is -0.478 e. The van der Waals surface area contributed by atoms with Crippen LogP contribution in [0.3, 0.4) is 0 Å². The zero-order chi connectivity index (χ0) is 11.3. The van der Waals surface area contributed by atoms with Crippen molar-refractivity contribution in [1.29, 1.82) is 0 Å². The van der Waals surface area contributed by atoms with E-state index in [4.69, 9.17) is 10.8 Å². The quantitative estimate of drug-likeness (QED) is 0.664. The summed E-state index contributed by atoms with van der Waals surface area (Å²) >= 11 is 0. The van der Waals surface area contributed by atoms with Gasteiger partial charge in [-0.1, -0.05) is 6.92 Å². The lowest BCUT2D eigenvalue weighted by Gasteiger charge is -2.07. The molecule has 1 heterocycles. The van der Waals surface area contributed by atoms with E-state index in [1.807, 2.05) is 6.92 Å². The van der Waals surface area contributed by atoms with Crippen LogP contribution in [0.25, 0.3) is 0 Å². The topological polar surface area (TPSA) is 88.2 Å². The third-order valence-corrected chi connectivity index (χ3v) is 1.94. The Balaban J connectivity index is 2.95. The summed E-state index contributed by atoms with van der Waals surface area (Å²) < 4.78 is 0. The van der Waals surface area contributed by atoms with Crippen molar-refractivity contribution in [2.24, 2.45) is 5.73 Å². The maximum atomic E-state index is 10.8. The van der Waals surface area contributed by atoms with E-state index in [-0.39, 0.29) is 5.56 Å². The van der Waals surface area contributed by atoms with Crippen molar-refractivity contribution in [1.82, 2.24) is 4.98 Å². The monoisotopic (exact) mass is 209 g/mol. The number of aromatic nitrogens is 1. The molecule has 5 nitrogen and oxygen atoms in total. The van der Waals surface area contributed by atoms with Crippen molar-refractivity contribution in [2.45, 2.75) is 13.3 Å². The second-order valence-corrected chi connectivity index (χ2v) is 3.11. The number of pyridine rings is 1. The normalized spacial score (nSPS) is 10.0. The van der Waals surface area contributed by atoms with Crippen LogP contribution in [0.15, 0.2) is 12.1 Å². The second-order valence-electron chi connectivity index (χ2n) is 3.11. The Bertz CT molecular complexity index is 353. The molecule has 0 saturated carbocycles. The average molecular weight is 209 g/mol. The van der Waals surface area contributed by atoms with Gasteiger partial charge in [0.1, 0.15) is 5.82 Å². The van der Waals surface area contributed by atoms with Gasteiger partial charge in [0.25, 0.3) is 0 Å². The first-order chi connectivity index (χ1) is 7.17. The molecule has 0 fully saturated rings. The molecule has 4 N–H and O–H groups in total.